The molecular weight excluding hydrogens is 328 g/mol. The molecule has 4 nitrogen and oxygen atoms in total. The quantitative estimate of drug-likeness (QED) is 0.404. The minimum absolute atomic E-state index is 0. The molecule has 0 amide bonds. The summed E-state index contributed by atoms with van der Waals surface area (Å²) in [5.74, 6) is 0.572. The number of nitrogens with one attached hydrogen (secondary N) is 1. The van der Waals surface area contributed by atoms with Crippen LogP contribution in [0.3, 0.4) is 0 Å². The molecular formula is C17H21ClN4S. The molecule has 0 aliphatic heterocycles. The first-order chi connectivity index (χ1) is 10.8. The lowest BCUT2D eigenvalue weighted by atomic mass is 10.2. The summed E-state index contributed by atoms with van der Waals surface area (Å²) in [5.41, 5.74) is 8.17. The number of hydrogen-bond acceptors (Lipinski definition) is 3. The van der Waals surface area contributed by atoms with Crippen molar-refractivity contribution in [3.05, 3.63) is 52.9 Å². The molecule has 0 spiro atoms. The van der Waals surface area contributed by atoms with Gasteiger partial charge in [-0.25, -0.2) is 4.99 Å². The average molecular weight is 349 g/mol. The Morgan fingerprint density at radius 2 is 2.17 bits per heavy atom. The molecule has 0 bridgehead atoms. The maximum absolute atomic E-state index is 6.07. The molecule has 6 heteroatoms. The predicted octanol–water partition coefficient (Wildman–Crippen LogP) is 3.77. The smallest absolute Gasteiger partial charge is 0.141 e. The van der Waals surface area contributed by atoms with Gasteiger partial charge in [0.15, 0.2) is 0 Å². The second-order valence-corrected chi connectivity index (χ2v) is 6.13. The number of aromatic nitrogens is 1. The van der Waals surface area contributed by atoms with E-state index < -0.39 is 0 Å². The summed E-state index contributed by atoms with van der Waals surface area (Å²) in [7, 11) is 1.98. The lowest BCUT2D eigenvalue weighted by Gasteiger charge is -2.06. The summed E-state index contributed by atoms with van der Waals surface area (Å²) in [4.78, 5) is 5.55. The highest BCUT2D eigenvalue weighted by Gasteiger charge is 2.04. The van der Waals surface area contributed by atoms with Gasteiger partial charge in [0.25, 0.3) is 0 Å². The first-order valence-corrected chi connectivity index (χ1v) is 8.27. The summed E-state index contributed by atoms with van der Waals surface area (Å²) in [6.45, 7) is 2.01. The monoisotopic (exact) mass is 348 g/mol. The summed E-state index contributed by atoms with van der Waals surface area (Å²) >= 11 is 1.60. The van der Waals surface area contributed by atoms with Crippen molar-refractivity contribution >= 4 is 46.2 Å². The standard InChI is InChI=1S/C17H20N4S.ClH/c1-19-8-3-9-21-10-7-13-5-6-14(12-15(13)21)20-17(18)16-4-2-11-22-16;/h2,4-7,10-12,19H,3,8-9H2,1H3,(H2,18,20);1H. The number of benzene rings is 1. The molecule has 122 valence electrons. The van der Waals surface area contributed by atoms with Crippen LogP contribution in [0, 0.1) is 0 Å². The van der Waals surface area contributed by atoms with E-state index in [1.807, 2.05) is 30.6 Å². The van der Waals surface area contributed by atoms with E-state index in [1.54, 1.807) is 11.3 Å². The molecule has 2 heterocycles. The normalized spacial score (nSPS) is 11.6. The minimum Gasteiger partial charge on any atom is -0.383 e. The Labute approximate surface area is 146 Å². The van der Waals surface area contributed by atoms with Crippen molar-refractivity contribution in [2.75, 3.05) is 13.6 Å². The fraction of sp³-hybridized carbons (Fsp3) is 0.235. The zero-order valence-electron chi connectivity index (χ0n) is 13.0. The Bertz CT molecular complexity index is 777. The van der Waals surface area contributed by atoms with Gasteiger partial charge in [-0.05, 0) is 55.0 Å². The van der Waals surface area contributed by atoms with E-state index in [0.29, 0.717) is 5.84 Å². The van der Waals surface area contributed by atoms with Crippen LogP contribution in [0.15, 0.2) is 53.0 Å². The second-order valence-electron chi connectivity index (χ2n) is 5.18. The van der Waals surface area contributed by atoms with Gasteiger partial charge in [-0.15, -0.1) is 23.7 Å². The van der Waals surface area contributed by atoms with E-state index >= 15 is 0 Å². The molecule has 0 aliphatic rings. The summed E-state index contributed by atoms with van der Waals surface area (Å²) in [5, 5.41) is 6.42. The number of thiophene rings is 1. The number of hydrogen-bond donors (Lipinski definition) is 2. The Kier molecular flexibility index (Phi) is 6.21. The second kappa shape index (κ2) is 8.15. The van der Waals surface area contributed by atoms with Gasteiger partial charge in [-0.1, -0.05) is 12.1 Å². The number of nitrogens with zero attached hydrogens (tertiary/aromatic N) is 2. The van der Waals surface area contributed by atoms with E-state index in [9.17, 15) is 0 Å². The zero-order valence-corrected chi connectivity index (χ0v) is 14.7. The third-order valence-corrected chi connectivity index (χ3v) is 4.50. The molecule has 0 saturated carbocycles. The van der Waals surface area contributed by atoms with Crippen molar-refractivity contribution < 1.29 is 0 Å². The fourth-order valence-corrected chi connectivity index (χ4v) is 3.11. The van der Waals surface area contributed by atoms with Gasteiger partial charge in [-0.2, -0.15) is 0 Å². The molecule has 0 radical (unpaired) electrons. The lowest BCUT2D eigenvalue weighted by Crippen LogP contribution is -2.11. The van der Waals surface area contributed by atoms with Crippen LogP contribution in [0.1, 0.15) is 11.3 Å². The highest BCUT2D eigenvalue weighted by molar-refractivity contribution is 7.12. The Morgan fingerprint density at radius 3 is 2.91 bits per heavy atom. The van der Waals surface area contributed by atoms with Gasteiger partial charge in [0.1, 0.15) is 5.84 Å². The number of halogens is 1. The highest BCUT2D eigenvalue weighted by atomic mass is 35.5. The Morgan fingerprint density at radius 1 is 1.30 bits per heavy atom. The van der Waals surface area contributed by atoms with Crippen LogP contribution in [0.25, 0.3) is 10.9 Å². The van der Waals surface area contributed by atoms with E-state index in [4.69, 9.17) is 5.73 Å². The minimum atomic E-state index is 0. The maximum Gasteiger partial charge on any atom is 0.141 e. The van der Waals surface area contributed by atoms with Gasteiger partial charge in [0, 0.05) is 12.7 Å². The number of aliphatic imine (C=N–C) groups is 1. The number of nitrogens with two attached hydrogens (primary N) is 1. The molecule has 0 aliphatic carbocycles. The Balaban J connectivity index is 0.00000192. The van der Waals surface area contributed by atoms with Gasteiger partial charge in [-0.3, -0.25) is 0 Å². The third-order valence-electron chi connectivity index (χ3n) is 3.61. The Hall–Kier alpha value is -1.82. The molecule has 3 aromatic rings. The van der Waals surface area contributed by atoms with Crippen LogP contribution >= 0.6 is 23.7 Å². The van der Waals surface area contributed by atoms with E-state index in [2.05, 4.69) is 39.3 Å². The fourth-order valence-electron chi connectivity index (χ4n) is 2.48. The first-order valence-electron chi connectivity index (χ1n) is 7.39. The van der Waals surface area contributed by atoms with Crippen LogP contribution < -0.4 is 11.1 Å². The average Bonchev–Trinajstić information content (AvgIpc) is 3.17. The van der Waals surface area contributed by atoms with Gasteiger partial charge >= 0.3 is 0 Å². The first kappa shape index (κ1) is 17.5. The number of fused-ring (bicyclic) bond motifs is 1. The van der Waals surface area contributed by atoms with Crippen molar-refractivity contribution in [2.24, 2.45) is 10.7 Å². The van der Waals surface area contributed by atoms with Gasteiger partial charge < -0.3 is 15.6 Å². The molecule has 23 heavy (non-hydrogen) atoms. The molecule has 0 fully saturated rings. The van der Waals surface area contributed by atoms with Crippen LogP contribution in [-0.2, 0) is 6.54 Å². The summed E-state index contributed by atoms with van der Waals surface area (Å²) in [6, 6.07) is 12.3. The van der Waals surface area contributed by atoms with Crippen LogP contribution in [0.5, 0.6) is 0 Å². The van der Waals surface area contributed by atoms with Crippen molar-refractivity contribution in [2.45, 2.75) is 13.0 Å². The van der Waals surface area contributed by atoms with Gasteiger partial charge in [0.2, 0.25) is 0 Å². The van der Waals surface area contributed by atoms with E-state index in [1.165, 1.54) is 10.9 Å². The van der Waals surface area contributed by atoms with Crippen molar-refractivity contribution in [3.8, 4) is 0 Å². The molecule has 2 aromatic heterocycles. The number of aryl methyl sites for hydroxylation is 1. The molecule has 1 aromatic carbocycles. The zero-order chi connectivity index (χ0) is 15.4. The SMILES string of the molecule is CNCCCn1ccc2ccc(N=C(N)c3cccs3)cc21.Cl. The number of rotatable bonds is 6. The summed E-state index contributed by atoms with van der Waals surface area (Å²) in [6.07, 6.45) is 3.24. The van der Waals surface area contributed by atoms with Crippen LogP contribution in [0.2, 0.25) is 0 Å². The molecule has 0 saturated heterocycles. The predicted molar refractivity (Wildman–Crippen MR) is 102 cm³/mol. The highest BCUT2D eigenvalue weighted by Crippen LogP contribution is 2.23. The van der Waals surface area contributed by atoms with E-state index in [-0.39, 0.29) is 12.4 Å². The van der Waals surface area contributed by atoms with Crippen molar-refractivity contribution in [1.29, 1.82) is 0 Å². The van der Waals surface area contributed by atoms with Gasteiger partial charge in [0.05, 0.1) is 16.1 Å². The van der Waals surface area contributed by atoms with Crippen molar-refractivity contribution in [1.82, 2.24) is 9.88 Å². The largest absolute Gasteiger partial charge is 0.383 e. The maximum atomic E-state index is 6.07. The molecule has 0 atom stereocenters. The van der Waals surface area contributed by atoms with Crippen LogP contribution in [-0.4, -0.2) is 24.0 Å². The molecule has 3 N–H and O–H groups in total. The lowest BCUT2D eigenvalue weighted by molar-refractivity contribution is 0.627. The van der Waals surface area contributed by atoms with E-state index in [0.717, 1.165) is 30.1 Å². The topological polar surface area (TPSA) is 55.3 Å². The molecule has 0 unspecified atom stereocenters. The summed E-state index contributed by atoms with van der Waals surface area (Å²) < 4.78 is 2.27. The third kappa shape index (κ3) is 4.13. The molecule has 3 rings (SSSR count). The number of amidine groups is 1. The van der Waals surface area contributed by atoms with Crippen molar-refractivity contribution in [3.63, 3.8) is 0 Å². The van der Waals surface area contributed by atoms with Crippen LogP contribution in [0.4, 0.5) is 5.69 Å².